The zero-order valence-electron chi connectivity index (χ0n) is 17.9. The van der Waals surface area contributed by atoms with Gasteiger partial charge in [-0.05, 0) is 60.4 Å². The van der Waals surface area contributed by atoms with E-state index in [2.05, 4.69) is 0 Å². The lowest BCUT2D eigenvalue weighted by molar-refractivity contribution is 0.00578. The molecule has 0 aromatic carbocycles. The molecule has 1 saturated heterocycles. The first kappa shape index (κ1) is 22.8. The normalized spacial score (nSPS) is 19.5. The third-order valence-corrected chi connectivity index (χ3v) is 4.69. The summed E-state index contributed by atoms with van der Waals surface area (Å²) in [7, 11) is 1.28. The molecule has 0 aromatic rings. The lowest BCUT2D eigenvalue weighted by atomic mass is 9.77. The zero-order valence-corrected chi connectivity index (χ0v) is 17.9. The minimum Gasteiger partial charge on any atom is -0.444 e. The minimum absolute atomic E-state index is 0.364. The van der Waals surface area contributed by atoms with Gasteiger partial charge < -0.3 is 24.0 Å². The fraction of sp³-hybridized carbons (Fsp3) is 0.833. The van der Waals surface area contributed by atoms with Crippen LogP contribution < -0.4 is 5.84 Å². The molecule has 1 amide bonds. The molecular weight excluding hydrogens is 333 g/mol. The molecular formula is C18H36BN3O4. The number of hydrogen-bond acceptors (Lipinski definition) is 6. The van der Waals surface area contributed by atoms with E-state index in [0.29, 0.717) is 13.1 Å². The number of carbonyl (C=O) groups excluding carboxylic acids is 1. The van der Waals surface area contributed by atoms with Crippen LogP contribution in [0.25, 0.3) is 0 Å². The number of nitrogens with zero attached hydrogens (tertiary/aromatic N) is 2. The second kappa shape index (κ2) is 8.19. The van der Waals surface area contributed by atoms with Gasteiger partial charge in [0.05, 0.1) is 17.7 Å². The van der Waals surface area contributed by atoms with E-state index in [0.717, 1.165) is 11.9 Å². The Labute approximate surface area is 158 Å². The topological polar surface area (TPSA) is 77.3 Å². The van der Waals surface area contributed by atoms with Crippen LogP contribution in [0.3, 0.4) is 0 Å². The first-order valence-corrected chi connectivity index (χ1v) is 9.20. The molecule has 1 fully saturated rings. The molecule has 1 aliphatic heterocycles. The number of likely N-dealkylation sites (N-methyl/N-ethyl adjacent to an activating group) is 1. The highest BCUT2D eigenvalue weighted by molar-refractivity contribution is 6.54. The van der Waals surface area contributed by atoms with Crippen molar-refractivity contribution in [3.05, 3.63) is 11.7 Å². The summed E-state index contributed by atoms with van der Waals surface area (Å²) in [6.07, 6.45) is 2.23. The third kappa shape index (κ3) is 6.18. The van der Waals surface area contributed by atoms with Crippen LogP contribution in [0.1, 0.15) is 61.8 Å². The van der Waals surface area contributed by atoms with Crippen LogP contribution >= 0.6 is 0 Å². The van der Waals surface area contributed by atoms with Gasteiger partial charge in [0.1, 0.15) is 5.60 Å². The van der Waals surface area contributed by atoms with Gasteiger partial charge in [-0.3, -0.25) is 0 Å². The summed E-state index contributed by atoms with van der Waals surface area (Å²) in [6, 6.07) is 0. The third-order valence-electron chi connectivity index (χ3n) is 4.69. The maximum atomic E-state index is 12.0. The van der Waals surface area contributed by atoms with Crippen molar-refractivity contribution in [1.29, 1.82) is 0 Å². The average Bonchev–Trinajstić information content (AvgIpc) is 2.68. The van der Waals surface area contributed by atoms with Gasteiger partial charge in [-0.2, -0.15) is 0 Å². The monoisotopic (exact) mass is 369 g/mol. The molecule has 1 aliphatic rings. The Hall–Kier alpha value is -1.25. The first-order chi connectivity index (χ1) is 11.7. The van der Waals surface area contributed by atoms with Crippen molar-refractivity contribution in [2.24, 2.45) is 5.84 Å². The van der Waals surface area contributed by atoms with Crippen molar-refractivity contribution in [1.82, 2.24) is 9.91 Å². The predicted molar refractivity (Wildman–Crippen MR) is 104 cm³/mol. The second-order valence-corrected chi connectivity index (χ2v) is 8.79. The van der Waals surface area contributed by atoms with Crippen LogP contribution in [0.5, 0.6) is 0 Å². The molecule has 1 rings (SSSR count). The largest absolute Gasteiger partial charge is 0.492 e. The molecule has 26 heavy (non-hydrogen) atoms. The van der Waals surface area contributed by atoms with Gasteiger partial charge in [0.25, 0.3) is 0 Å². The maximum Gasteiger partial charge on any atom is 0.492 e. The van der Waals surface area contributed by atoms with Crippen LogP contribution in [0.4, 0.5) is 4.79 Å². The Kier molecular flexibility index (Phi) is 7.18. The van der Waals surface area contributed by atoms with E-state index in [9.17, 15) is 4.79 Å². The van der Waals surface area contributed by atoms with Crippen molar-refractivity contribution >= 4 is 13.2 Å². The number of nitrogens with two attached hydrogens (primary N) is 1. The Morgan fingerprint density at radius 3 is 2.08 bits per heavy atom. The molecule has 0 aliphatic carbocycles. The smallest absolute Gasteiger partial charge is 0.444 e. The minimum atomic E-state index is -0.514. The van der Waals surface area contributed by atoms with E-state index in [1.165, 1.54) is 4.90 Å². The summed E-state index contributed by atoms with van der Waals surface area (Å²) in [6.45, 7) is 16.6. The number of hydrazine groups is 1. The quantitative estimate of drug-likeness (QED) is 0.441. The van der Waals surface area contributed by atoms with Gasteiger partial charge >= 0.3 is 13.2 Å². The van der Waals surface area contributed by atoms with Gasteiger partial charge in [0.2, 0.25) is 0 Å². The van der Waals surface area contributed by atoms with Crippen LogP contribution in [0, 0.1) is 0 Å². The number of carbonyl (C=O) groups is 1. The van der Waals surface area contributed by atoms with Gasteiger partial charge in [-0.25, -0.2) is 10.6 Å². The zero-order chi connectivity index (χ0) is 20.3. The van der Waals surface area contributed by atoms with E-state index in [-0.39, 0.29) is 17.3 Å². The summed E-state index contributed by atoms with van der Waals surface area (Å²) >= 11 is 0. The Morgan fingerprint density at radius 2 is 1.65 bits per heavy atom. The highest BCUT2D eigenvalue weighted by Crippen LogP contribution is 2.38. The van der Waals surface area contributed by atoms with E-state index < -0.39 is 12.7 Å². The molecule has 2 N–H and O–H groups in total. The van der Waals surface area contributed by atoms with E-state index >= 15 is 0 Å². The molecule has 0 bridgehead atoms. The summed E-state index contributed by atoms with van der Waals surface area (Å²) in [4.78, 5) is 13.5. The molecule has 8 heteroatoms. The molecule has 0 saturated carbocycles. The molecule has 0 spiro atoms. The Morgan fingerprint density at radius 1 is 1.15 bits per heavy atom. The molecule has 0 unspecified atom stereocenters. The molecule has 7 nitrogen and oxygen atoms in total. The Balaban J connectivity index is 2.64. The first-order valence-electron chi connectivity index (χ1n) is 9.20. The SMILES string of the molecule is CC/C(=C\N(N)CCN(C)C(=O)OC(C)(C)C)B1OC(C)(C)C(C)(C)O1. The maximum absolute atomic E-state index is 12.0. The number of ether oxygens (including phenoxy) is 1. The van der Waals surface area contributed by atoms with E-state index in [4.69, 9.17) is 19.9 Å². The van der Waals surface area contributed by atoms with E-state index in [1.54, 1.807) is 12.1 Å². The van der Waals surface area contributed by atoms with Crippen molar-refractivity contribution < 1.29 is 18.8 Å². The van der Waals surface area contributed by atoms with Crippen LogP contribution in [0.15, 0.2) is 11.7 Å². The lowest BCUT2D eigenvalue weighted by Gasteiger charge is -2.32. The summed E-state index contributed by atoms with van der Waals surface area (Å²) in [5, 5.41) is 1.56. The van der Waals surface area contributed by atoms with Gasteiger partial charge in [-0.15, -0.1) is 0 Å². The standard InChI is InChI=1S/C18H36BN3O4/c1-10-14(19-25-17(5,6)18(7,8)26-19)13-22(20)12-11-21(9)15(23)24-16(2,3)4/h13H,10-12,20H2,1-9H3/b14-13+. The van der Waals surface area contributed by atoms with Crippen LogP contribution in [-0.4, -0.2) is 60.1 Å². The average molecular weight is 369 g/mol. The fourth-order valence-corrected chi connectivity index (χ4v) is 2.29. The summed E-state index contributed by atoms with van der Waals surface area (Å²) in [5.41, 5.74) is -0.323. The number of amides is 1. The van der Waals surface area contributed by atoms with Crippen molar-refractivity contribution in [2.45, 2.75) is 78.6 Å². The predicted octanol–water partition coefficient (Wildman–Crippen LogP) is 2.95. The van der Waals surface area contributed by atoms with Crippen LogP contribution in [-0.2, 0) is 14.0 Å². The molecule has 0 aromatic heterocycles. The number of hydrogen-bond donors (Lipinski definition) is 1. The van der Waals surface area contributed by atoms with Crippen molar-refractivity contribution in [3.63, 3.8) is 0 Å². The van der Waals surface area contributed by atoms with Gasteiger partial charge in [0, 0.05) is 19.8 Å². The highest BCUT2D eigenvalue weighted by atomic mass is 16.7. The van der Waals surface area contributed by atoms with Crippen molar-refractivity contribution in [2.75, 3.05) is 20.1 Å². The number of rotatable bonds is 6. The lowest BCUT2D eigenvalue weighted by Crippen LogP contribution is -2.41. The highest BCUT2D eigenvalue weighted by Gasteiger charge is 2.52. The van der Waals surface area contributed by atoms with Crippen molar-refractivity contribution in [3.8, 4) is 0 Å². The fourth-order valence-electron chi connectivity index (χ4n) is 2.29. The summed E-state index contributed by atoms with van der Waals surface area (Å²) in [5.74, 6) is 6.10. The molecule has 0 radical (unpaired) electrons. The Bertz CT molecular complexity index is 513. The second-order valence-electron chi connectivity index (χ2n) is 8.79. The molecule has 1 heterocycles. The molecule has 150 valence electrons. The van der Waals surface area contributed by atoms with Gasteiger partial charge in [0.15, 0.2) is 0 Å². The molecule has 0 atom stereocenters. The van der Waals surface area contributed by atoms with Gasteiger partial charge in [-0.1, -0.05) is 6.92 Å². The van der Waals surface area contributed by atoms with E-state index in [1.807, 2.05) is 61.6 Å². The summed E-state index contributed by atoms with van der Waals surface area (Å²) < 4.78 is 17.5. The number of allylic oxidation sites excluding steroid dienone is 1. The van der Waals surface area contributed by atoms with Crippen LogP contribution in [0.2, 0.25) is 0 Å².